The molecule has 1 atom stereocenters. The second kappa shape index (κ2) is 7.36. The maximum absolute atomic E-state index is 13.3. The molecule has 4 rings (SSSR count). The van der Waals surface area contributed by atoms with Crippen LogP contribution in [0.1, 0.15) is 55.7 Å². The number of allylic oxidation sites excluding steroid dienone is 2. The first-order valence-corrected chi connectivity index (χ1v) is 10.3. The van der Waals surface area contributed by atoms with Crippen molar-refractivity contribution in [3.63, 3.8) is 0 Å². The molecule has 0 aromatic heterocycles. The minimum Gasteiger partial charge on any atom is -0.294 e. The first-order chi connectivity index (χ1) is 14.5. The maximum Gasteiger partial charge on any atom is 0.416 e. The summed E-state index contributed by atoms with van der Waals surface area (Å²) < 4.78 is 38.9. The van der Waals surface area contributed by atoms with E-state index in [1.54, 1.807) is 4.90 Å². The van der Waals surface area contributed by atoms with Gasteiger partial charge in [0, 0.05) is 35.7 Å². The Kier molecular flexibility index (Phi) is 5.07. The third-order valence-corrected chi connectivity index (χ3v) is 6.08. The van der Waals surface area contributed by atoms with Gasteiger partial charge in [-0.15, -0.1) is 0 Å². The lowest BCUT2D eigenvalue weighted by Gasteiger charge is -2.43. The van der Waals surface area contributed by atoms with Crippen molar-refractivity contribution >= 4 is 17.4 Å². The quantitative estimate of drug-likeness (QED) is 0.574. The van der Waals surface area contributed by atoms with Crippen molar-refractivity contribution in [1.82, 2.24) is 0 Å². The van der Waals surface area contributed by atoms with Gasteiger partial charge in [0.25, 0.3) is 0 Å². The molecule has 0 radical (unpaired) electrons. The molecule has 1 amide bonds. The van der Waals surface area contributed by atoms with Crippen LogP contribution < -0.4 is 4.90 Å². The van der Waals surface area contributed by atoms with E-state index >= 15 is 0 Å². The van der Waals surface area contributed by atoms with Gasteiger partial charge < -0.3 is 0 Å². The number of anilines is 1. The van der Waals surface area contributed by atoms with Gasteiger partial charge in [0.15, 0.2) is 5.78 Å². The van der Waals surface area contributed by atoms with E-state index in [4.69, 9.17) is 0 Å². The number of alkyl halides is 3. The van der Waals surface area contributed by atoms with Gasteiger partial charge in [-0.2, -0.15) is 13.2 Å². The van der Waals surface area contributed by atoms with Gasteiger partial charge >= 0.3 is 6.18 Å². The monoisotopic (exact) mass is 427 g/mol. The number of nitrogens with zero attached hydrogens (tertiary/aromatic N) is 1. The highest BCUT2D eigenvalue weighted by Gasteiger charge is 2.44. The summed E-state index contributed by atoms with van der Waals surface area (Å²) in [7, 11) is 0. The normalized spacial score (nSPS) is 21.4. The molecule has 162 valence electrons. The lowest BCUT2D eigenvalue weighted by atomic mass is 9.69. The largest absolute Gasteiger partial charge is 0.416 e. The Bertz CT molecular complexity index is 1060. The van der Waals surface area contributed by atoms with Crippen molar-refractivity contribution in [3.05, 3.63) is 76.5 Å². The fourth-order valence-electron chi connectivity index (χ4n) is 4.60. The van der Waals surface area contributed by atoms with Crippen molar-refractivity contribution in [3.8, 4) is 0 Å². The van der Waals surface area contributed by atoms with Crippen LogP contribution in [0.5, 0.6) is 0 Å². The summed E-state index contributed by atoms with van der Waals surface area (Å²) in [6.07, 6.45) is -3.49. The van der Waals surface area contributed by atoms with Gasteiger partial charge in [-0.1, -0.05) is 43.7 Å². The molecule has 2 aliphatic rings. The Morgan fingerprint density at radius 2 is 1.55 bits per heavy atom. The number of hydrogen-bond donors (Lipinski definition) is 0. The zero-order chi connectivity index (χ0) is 22.6. The number of benzene rings is 2. The van der Waals surface area contributed by atoms with Crippen LogP contribution in [0.15, 0.2) is 59.8 Å². The van der Waals surface area contributed by atoms with Crippen LogP contribution in [0.25, 0.3) is 0 Å². The lowest BCUT2D eigenvalue weighted by molar-refractivity contribution is -0.137. The summed E-state index contributed by atoms with van der Waals surface area (Å²) in [6, 6.07) is 12.4. The zero-order valence-corrected chi connectivity index (χ0v) is 17.7. The van der Waals surface area contributed by atoms with Gasteiger partial charge in [0.05, 0.1) is 5.56 Å². The number of Topliss-reactive ketones (excluding diaryl/α,β-unsaturated/α-hetero) is 1. The molecule has 31 heavy (non-hydrogen) atoms. The number of hydrogen-bond acceptors (Lipinski definition) is 2. The van der Waals surface area contributed by atoms with Gasteiger partial charge in [-0.25, -0.2) is 0 Å². The summed E-state index contributed by atoms with van der Waals surface area (Å²) in [6.45, 7) is 5.95. The first kappa shape index (κ1) is 21.3. The van der Waals surface area contributed by atoms with E-state index in [9.17, 15) is 22.8 Å². The summed E-state index contributed by atoms with van der Waals surface area (Å²) in [5.74, 6) is -0.728. The Labute approximate surface area is 179 Å². The van der Waals surface area contributed by atoms with Crippen molar-refractivity contribution in [2.45, 2.75) is 52.1 Å². The van der Waals surface area contributed by atoms with E-state index < -0.39 is 17.7 Å². The predicted octanol–water partition coefficient (Wildman–Crippen LogP) is 6.18. The lowest BCUT2D eigenvalue weighted by Crippen LogP contribution is -2.43. The average molecular weight is 427 g/mol. The second-order valence-electron chi connectivity index (χ2n) is 9.24. The Morgan fingerprint density at radius 3 is 2.13 bits per heavy atom. The molecule has 0 spiro atoms. The number of carbonyl (C=O) groups excluding carboxylic acids is 2. The van der Waals surface area contributed by atoms with Crippen LogP contribution >= 0.6 is 0 Å². The highest BCUT2D eigenvalue weighted by molar-refractivity contribution is 6.07. The minimum absolute atomic E-state index is 0.0410. The third-order valence-electron chi connectivity index (χ3n) is 6.08. The molecule has 2 aromatic carbocycles. The molecule has 2 aromatic rings. The zero-order valence-electron chi connectivity index (χ0n) is 17.7. The first-order valence-electron chi connectivity index (χ1n) is 10.3. The Balaban J connectivity index is 1.83. The van der Waals surface area contributed by atoms with E-state index in [0.29, 0.717) is 35.4 Å². The molecular formula is C25H24F3NO2. The molecule has 1 heterocycles. The van der Waals surface area contributed by atoms with Crippen molar-refractivity contribution in [2.75, 3.05) is 4.90 Å². The highest BCUT2D eigenvalue weighted by Crippen LogP contribution is 2.48. The maximum atomic E-state index is 13.3. The number of aryl methyl sites for hydroxylation is 1. The number of rotatable bonds is 2. The second-order valence-corrected chi connectivity index (χ2v) is 9.24. The predicted molar refractivity (Wildman–Crippen MR) is 113 cm³/mol. The molecule has 0 bridgehead atoms. The van der Waals surface area contributed by atoms with Crippen LogP contribution in [0, 0.1) is 12.3 Å². The Morgan fingerprint density at radius 1 is 0.935 bits per heavy atom. The summed E-state index contributed by atoms with van der Waals surface area (Å²) >= 11 is 0. The van der Waals surface area contributed by atoms with E-state index in [1.165, 1.54) is 12.1 Å². The SMILES string of the molecule is Cc1ccc(N2C(=O)CC(c3ccc(C(F)(F)F)cc3)C3=C2CC(C)(C)CC3=O)cc1. The van der Waals surface area contributed by atoms with Gasteiger partial charge in [0.1, 0.15) is 0 Å². The molecule has 0 saturated heterocycles. The minimum atomic E-state index is -4.43. The fraction of sp³-hybridized carbons (Fsp3) is 0.360. The van der Waals surface area contributed by atoms with Crippen molar-refractivity contribution in [1.29, 1.82) is 0 Å². The van der Waals surface area contributed by atoms with E-state index in [0.717, 1.165) is 17.7 Å². The topological polar surface area (TPSA) is 37.4 Å². The molecule has 1 aliphatic carbocycles. The van der Waals surface area contributed by atoms with Crippen molar-refractivity contribution in [2.24, 2.45) is 5.41 Å². The van der Waals surface area contributed by atoms with E-state index in [-0.39, 0.29) is 23.5 Å². The summed E-state index contributed by atoms with van der Waals surface area (Å²) in [5, 5.41) is 0. The average Bonchev–Trinajstić information content (AvgIpc) is 2.67. The van der Waals surface area contributed by atoms with Gasteiger partial charge in [-0.05, 0) is 48.6 Å². The smallest absolute Gasteiger partial charge is 0.294 e. The molecule has 3 nitrogen and oxygen atoms in total. The number of amides is 1. The highest BCUT2D eigenvalue weighted by atomic mass is 19.4. The van der Waals surface area contributed by atoms with E-state index in [2.05, 4.69) is 0 Å². The Hall–Kier alpha value is -2.89. The van der Waals surface area contributed by atoms with Crippen LogP contribution in [-0.2, 0) is 15.8 Å². The third kappa shape index (κ3) is 4.03. The molecule has 0 N–H and O–H groups in total. The van der Waals surface area contributed by atoms with Gasteiger partial charge in [0.2, 0.25) is 5.91 Å². The summed E-state index contributed by atoms with van der Waals surface area (Å²) in [4.78, 5) is 28.1. The number of ketones is 1. The number of carbonyl (C=O) groups is 2. The standard InChI is InChI=1S/C25H24F3NO2/c1-15-4-10-18(11-5-15)29-20-13-24(2,3)14-21(30)23(20)19(12-22(29)31)16-6-8-17(9-7-16)25(26,27)28/h4-11,19H,12-14H2,1-3H3. The van der Waals surface area contributed by atoms with Crippen molar-refractivity contribution < 1.29 is 22.8 Å². The summed E-state index contributed by atoms with van der Waals surface area (Å²) in [5.41, 5.74) is 2.51. The molecule has 0 saturated carbocycles. The molecule has 6 heteroatoms. The number of halogens is 3. The van der Waals surface area contributed by atoms with Crippen LogP contribution in [-0.4, -0.2) is 11.7 Å². The van der Waals surface area contributed by atoms with Crippen LogP contribution in [0.4, 0.5) is 18.9 Å². The van der Waals surface area contributed by atoms with Crippen LogP contribution in [0.2, 0.25) is 0 Å². The van der Waals surface area contributed by atoms with Crippen LogP contribution in [0.3, 0.4) is 0 Å². The molecular weight excluding hydrogens is 403 g/mol. The van der Waals surface area contributed by atoms with Gasteiger partial charge in [-0.3, -0.25) is 14.5 Å². The molecule has 0 fully saturated rings. The molecule has 1 unspecified atom stereocenters. The molecule has 1 aliphatic heterocycles. The fourth-order valence-corrected chi connectivity index (χ4v) is 4.60. The van der Waals surface area contributed by atoms with E-state index in [1.807, 2.05) is 45.0 Å².